The Kier molecular flexibility index (Phi) is 2.10. The Morgan fingerprint density at radius 2 is 2.50 bits per heavy atom. The lowest BCUT2D eigenvalue weighted by Gasteiger charge is -1.63. The Balaban J connectivity index is 3.60. The molecule has 0 unspecified atom stereocenters. The molecule has 0 heterocycles. The molecule has 0 amide bonds. The SMILES string of the molecule is C=C=CC(C)=O. The lowest BCUT2D eigenvalue weighted by atomic mass is 10.4. The van der Waals surface area contributed by atoms with E-state index in [1.165, 1.54) is 13.0 Å². The maximum atomic E-state index is 9.89. The van der Waals surface area contributed by atoms with Crippen molar-refractivity contribution in [2.45, 2.75) is 6.92 Å². The number of hydrogen-bond acceptors (Lipinski definition) is 1. The average Bonchev–Trinajstić information content (AvgIpc) is 1.35. The van der Waals surface area contributed by atoms with Crippen molar-refractivity contribution < 1.29 is 4.79 Å². The molecule has 0 aliphatic heterocycles. The van der Waals surface area contributed by atoms with Crippen LogP contribution >= 0.6 is 0 Å². The summed E-state index contributed by atoms with van der Waals surface area (Å²) in [7, 11) is 0. The molecule has 0 N–H and O–H groups in total. The molecule has 6 heavy (non-hydrogen) atoms. The van der Waals surface area contributed by atoms with Crippen LogP contribution in [-0.4, -0.2) is 5.78 Å². The molecule has 0 bridgehead atoms. The summed E-state index contributed by atoms with van der Waals surface area (Å²) in [5.41, 5.74) is 2.34. The molecular formula is C5H6O. The van der Waals surface area contributed by atoms with Gasteiger partial charge in [-0.25, -0.2) is 0 Å². The molecule has 0 radical (unpaired) electrons. The highest BCUT2D eigenvalue weighted by Gasteiger charge is 1.72. The van der Waals surface area contributed by atoms with Gasteiger partial charge in [-0.15, -0.1) is 5.73 Å². The fourth-order valence-corrected chi connectivity index (χ4v) is 0.144. The lowest BCUT2D eigenvalue weighted by Crippen LogP contribution is -1.75. The van der Waals surface area contributed by atoms with Crippen molar-refractivity contribution in [1.29, 1.82) is 0 Å². The van der Waals surface area contributed by atoms with Gasteiger partial charge in [0, 0.05) is 6.08 Å². The second kappa shape index (κ2) is 2.43. The molecule has 0 rings (SSSR count). The summed E-state index contributed by atoms with van der Waals surface area (Å²) in [5, 5.41) is 0. The van der Waals surface area contributed by atoms with Gasteiger partial charge < -0.3 is 0 Å². The van der Waals surface area contributed by atoms with Gasteiger partial charge in [-0.2, -0.15) is 0 Å². The number of rotatable bonds is 1. The van der Waals surface area contributed by atoms with E-state index in [2.05, 4.69) is 12.3 Å². The number of carbonyl (C=O) groups excluding carboxylic acids is 1. The van der Waals surface area contributed by atoms with E-state index < -0.39 is 0 Å². The van der Waals surface area contributed by atoms with Crippen LogP contribution in [0.2, 0.25) is 0 Å². The Labute approximate surface area is 37.0 Å². The van der Waals surface area contributed by atoms with E-state index >= 15 is 0 Å². The fraction of sp³-hybridized carbons (Fsp3) is 0.200. The second-order valence-electron chi connectivity index (χ2n) is 0.959. The van der Waals surface area contributed by atoms with Crippen molar-refractivity contribution in [3.63, 3.8) is 0 Å². The largest absolute Gasteiger partial charge is 0.294 e. The van der Waals surface area contributed by atoms with Gasteiger partial charge in [0.15, 0.2) is 5.78 Å². The topological polar surface area (TPSA) is 17.1 Å². The predicted octanol–water partition coefficient (Wildman–Crippen LogP) is 0.916. The van der Waals surface area contributed by atoms with Crippen molar-refractivity contribution in [1.82, 2.24) is 0 Å². The van der Waals surface area contributed by atoms with Gasteiger partial charge >= 0.3 is 0 Å². The first-order valence-electron chi connectivity index (χ1n) is 1.64. The minimum atomic E-state index is -0.00926. The maximum Gasteiger partial charge on any atom is 0.160 e. The second-order valence-corrected chi connectivity index (χ2v) is 0.959. The van der Waals surface area contributed by atoms with E-state index in [1.807, 2.05) is 0 Å². The fourth-order valence-electron chi connectivity index (χ4n) is 0.144. The van der Waals surface area contributed by atoms with Crippen LogP contribution in [0.5, 0.6) is 0 Å². The smallest absolute Gasteiger partial charge is 0.160 e. The number of allylic oxidation sites excluding steroid dienone is 1. The van der Waals surface area contributed by atoms with Crippen LogP contribution in [0, 0.1) is 0 Å². The normalized spacial score (nSPS) is 6.17. The van der Waals surface area contributed by atoms with Crippen molar-refractivity contribution in [2.24, 2.45) is 0 Å². The van der Waals surface area contributed by atoms with Gasteiger partial charge in [0.2, 0.25) is 0 Å². The zero-order valence-corrected chi connectivity index (χ0v) is 3.69. The van der Waals surface area contributed by atoms with Gasteiger partial charge in [0.1, 0.15) is 0 Å². The van der Waals surface area contributed by atoms with Crippen LogP contribution in [0.3, 0.4) is 0 Å². The van der Waals surface area contributed by atoms with Crippen LogP contribution in [0.1, 0.15) is 6.92 Å². The molecule has 0 atom stereocenters. The molecule has 0 spiro atoms. The molecular weight excluding hydrogens is 76.1 g/mol. The summed E-state index contributed by atoms with van der Waals surface area (Å²) >= 11 is 0. The third-order valence-corrected chi connectivity index (χ3v) is 0.305. The summed E-state index contributed by atoms with van der Waals surface area (Å²) in [6.45, 7) is 4.66. The Hall–Kier alpha value is -0.810. The molecule has 0 aromatic heterocycles. The summed E-state index contributed by atoms with van der Waals surface area (Å²) in [4.78, 5) is 9.89. The first-order valence-corrected chi connectivity index (χ1v) is 1.64. The Bertz CT molecular complexity index is 96.5. The van der Waals surface area contributed by atoms with E-state index in [0.29, 0.717) is 0 Å². The average molecular weight is 82.1 g/mol. The molecule has 0 saturated carbocycles. The molecule has 32 valence electrons. The molecule has 0 saturated heterocycles. The van der Waals surface area contributed by atoms with E-state index in [0.717, 1.165) is 0 Å². The molecule has 1 nitrogen and oxygen atoms in total. The van der Waals surface area contributed by atoms with Crippen molar-refractivity contribution in [3.05, 3.63) is 18.4 Å². The standard InChI is InChI=1S/C5H6O/c1-3-4-5(2)6/h4H,1H2,2H3. The third-order valence-electron chi connectivity index (χ3n) is 0.305. The molecule has 0 fully saturated rings. The lowest BCUT2D eigenvalue weighted by molar-refractivity contribution is -0.112. The third kappa shape index (κ3) is 3.19. The predicted molar refractivity (Wildman–Crippen MR) is 24.4 cm³/mol. The minimum Gasteiger partial charge on any atom is -0.294 e. The minimum absolute atomic E-state index is 0.00926. The molecule has 1 heteroatoms. The maximum absolute atomic E-state index is 9.89. The number of ketones is 1. The van der Waals surface area contributed by atoms with Crippen LogP contribution in [0.15, 0.2) is 18.4 Å². The summed E-state index contributed by atoms with van der Waals surface area (Å²) < 4.78 is 0. The van der Waals surface area contributed by atoms with Crippen LogP contribution in [0.25, 0.3) is 0 Å². The van der Waals surface area contributed by atoms with Gasteiger partial charge in [-0.1, -0.05) is 6.58 Å². The molecule has 0 aliphatic carbocycles. The zero-order chi connectivity index (χ0) is 4.99. The van der Waals surface area contributed by atoms with Gasteiger partial charge in [-0.05, 0) is 6.92 Å². The monoisotopic (exact) mass is 82.0 g/mol. The molecule has 0 aliphatic rings. The first kappa shape index (κ1) is 5.19. The number of hydrogen-bond donors (Lipinski definition) is 0. The summed E-state index contributed by atoms with van der Waals surface area (Å²) in [6, 6.07) is 0. The van der Waals surface area contributed by atoms with Crippen molar-refractivity contribution >= 4 is 5.78 Å². The van der Waals surface area contributed by atoms with Gasteiger partial charge in [0.05, 0.1) is 0 Å². The van der Waals surface area contributed by atoms with Crippen molar-refractivity contribution in [3.8, 4) is 0 Å². The van der Waals surface area contributed by atoms with E-state index in [1.54, 1.807) is 0 Å². The van der Waals surface area contributed by atoms with Crippen LogP contribution in [0.4, 0.5) is 0 Å². The van der Waals surface area contributed by atoms with E-state index in [-0.39, 0.29) is 5.78 Å². The van der Waals surface area contributed by atoms with Crippen LogP contribution < -0.4 is 0 Å². The first-order chi connectivity index (χ1) is 2.77. The highest BCUT2D eigenvalue weighted by molar-refractivity contribution is 5.86. The van der Waals surface area contributed by atoms with Gasteiger partial charge in [0.25, 0.3) is 0 Å². The zero-order valence-electron chi connectivity index (χ0n) is 3.69. The highest BCUT2D eigenvalue weighted by atomic mass is 16.1. The van der Waals surface area contributed by atoms with E-state index in [9.17, 15) is 4.79 Å². The van der Waals surface area contributed by atoms with Crippen molar-refractivity contribution in [2.75, 3.05) is 0 Å². The Morgan fingerprint density at radius 1 is 2.00 bits per heavy atom. The number of carbonyl (C=O) groups is 1. The summed E-state index contributed by atoms with van der Waals surface area (Å²) in [6.07, 6.45) is 1.29. The Morgan fingerprint density at radius 3 is 2.50 bits per heavy atom. The molecule has 0 aromatic carbocycles. The molecule has 0 aromatic rings. The van der Waals surface area contributed by atoms with E-state index in [4.69, 9.17) is 0 Å². The van der Waals surface area contributed by atoms with Gasteiger partial charge in [-0.3, -0.25) is 4.79 Å². The van der Waals surface area contributed by atoms with Crippen LogP contribution in [-0.2, 0) is 4.79 Å². The summed E-state index contributed by atoms with van der Waals surface area (Å²) in [5.74, 6) is -0.00926. The quantitative estimate of drug-likeness (QED) is 0.339. The highest BCUT2D eigenvalue weighted by Crippen LogP contribution is 1.64.